The molecule has 0 fully saturated rings. The summed E-state index contributed by atoms with van der Waals surface area (Å²) in [5.74, 6) is 0. The fraction of sp³-hybridized carbons (Fsp3) is 0.222. The topological polar surface area (TPSA) is 38.9 Å². The second kappa shape index (κ2) is 4.24. The number of halogens is 1. The van der Waals surface area contributed by atoms with Gasteiger partial charge in [0.2, 0.25) is 0 Å². The molecule has 1 heterocycles. The molecule has 0 aliphatic heterocycles. The van der Waals surface area contributed by atoms with E-state index in [1.807, 2.05) is 12.1 Å². The lowest BCUT2D eigenvalue weighted by Crippen LogP contribution is -2.08. The average Bonchev–Trinajstić information content (AvgIpc) is 2.16. The summed E-state index contributed by atoms with van der Waals surface area (Å²) in [7, 11) is 0. The molecule has 0 saturated carbocycles. The molecule has 2 N–H and O–H groups in total. The van der Waals surface area contributed by atoms with Crippen molar-refractivity contribution in [2.45, 2.75) is 5.38 Å². The third-order valence-corrected chi connectivity index (χ3v) is 2.02. The van der Waals surface area contributed by atoms with Gasteiger partial charge in [0.1, 0.15) is 0 Å². The third kappa shape index (κ3) is 1.84. The quantitative estimate of drug-likeness (QED) is 0.726. The third-order valence-electron chi connectivity index (χ3n) is 1.61. The maximum Gasteiger partial charge on any atom is 0.0728 e. The molecule has 1 rings (SSSR count). The van der Waals surface area contributed by atoms with E-state index in [0.29, 0.717) is 6.54 Å². The maximum absolute atomic E-state index is 5.96. The zero-order chi connectivity index (χ0) is 8.97. The first kappa shape index (κ1) is 9.23. The molecule has 0 bridgehead atoms. The summed E-state index contributed by atoms with van der Waals surface area (Å²) >= 11 is 5.96. The summed E-state index contributed by atoms with van der Waals surface area (Å²) in [6, 6.07) is 3.75. The number of aromatic nitrogens is 1. The Morgan fingerprint density at radius 1 is 1.75 bits per heavy atom. The molecule has 1 aromatic heterocycles. The molecule has 0 amide bonds. The van der Waals surface area contributed by atoms with Crippen LogP contribution in [0.2, 0.25) is 0 Å². The molecule has 0 radical (unpaired) electrons. The van der Waals surface area contributed by atoms with Crippen molar-refractivity contribution in [2.24, 2.45) is 5.73 Å². The molecule has 0 aliphatic rings. The minimum absolute atomic E-state index is 0.174. The van der Waals surface area contributed by atoms with E-state index in [1.165, 1.54) is 0 Å². The van der Waals surface area contributed by atoms with Crippen LogP contribution in [0.3, 0.4) is 0 Å². The molecule has 3 heteroatoms. The van der Waals surface area contributed by atoms with E-state index in [4.69, 9.17) is 17.3 Å². The number of pyridine rings is 1. The fourth-order valence-electron chi connectivity index (χ4n) is 0.992. The van der Waals surface area contributed by atoms with Gasteiger partial charge in [-0.1, -0.05) is 12.6 Å². The molecular weight excluding hydrogens is 172 g/mol. The van der Waals surface area contributed by atoms with Crippen LogP contribution < -0.4 is 5.73 Å². The van der Waals surface area contributed by atoms with Gasteiger partial charge in [0.15, 0.2) is 0 Å². The van der Waals surface area contributed by atoms with Gasteiger partial charge in [-0.15, -0.1) is 11.6 Å². The van der Waals surface area contributed by atoms with Crippen molar-refractivity contribution in [3.63, 3.8) is 0 Å². The number of hydrogen-bond acceptors (Lipinski definition) is 2. The van der Waals surface area contributed by atoms with Crippen LogP contribution in [-0.4, -0.2) is 11.5 Å². The Bertz CT molecular complexity index is 273. The highest BCUT2D eigenvalue weighted by molar-refractivity contribution is 6.21. The van der Waals surface area contributed by atoms with Crippen LogP contribution in [0.5, 0.6) is 0 Å². The Kier molecular flexibility index (Phi) is 3.26. The second-order valence-corrected chi connectivity index (χ2v) is 2.91. The second-order valence-electron chi connectivity index (χ2n) is 2.39. The van der Waals surface area contributed by atoms with Crippen molar-refractivity contribution >= 4 is 17.7 Å². The number of hydrogen-bond donors (Lipinski definition) is 1. The molecule has 0 spiro atoms. The molecule has 2 nitrogen and oxygen atoms in total. The van der Waals surface area contributed by atoms with Crippen LogP contribution in [-0.2, 0) is 0 Å². The molecule has 1 unspecified atom stereocenters. The molecule has 0 saturated heterocycles. The van der Waals surface area contributed by atoms with Crippen LogP contribution in [0.1, 0.15) is 16.6 Å². The lowest BCUT2D eigenvalue weighted by Gasteiger charge is -2.08. The molecule has 0 aliphatic carbocycles. The summed E-state index contributed by atoms with van der Waals surface area (Å²) < 4.78 is 0. The molecule has 1 aromatic rings. The van der Waals surface area contributed by atoms with Crippen molar-refractivity contribution in [2.75, 3.05) is 6.54 Å². The van der Waals surface area contributed by atoms with Crippen LogP contribution in [0.25, 0.3) is 6.08 Å². The van der Waals surface area contributed by atoms with E-state index in [1.54, 1.807) is 12.3 Å². The SMILES string of the molecule is C=Cc1ncccc1C(Cl)CN. The largest absolute Gasteiger partial charge is 0.329 e. The standard InChI is InChI=1S/C9H11ClN2/c1-2-9-7(8(10)6-11)4-3-5-12-9/h2-5,8H,1,6,11H2. The number of nitrogens with two attached hydrogens (primary N) is 1. The van der Waals surface area contributed by atoms with Gasteiger partial charge >= 0.3 is 0 Å². The van der Waals surface area contributed by atoms with E-state index < -0.39 is 0 Å². The van der Waals surface area contributed by atoms with Gasteiger partial charge in [-0.3, -0.25) is 4.98 Å². The maximum atomic E-state index is 5.96. The van der Waals surface area contributed by atoms with Crippen LogP contribution in [0.15, 0.2) is 24.9 Å². The van der Waals surface area contributed by atoms with Crippen molar-refractivity contribution in [3.05, 3.63) is 36.2 Å². The number of alkyl halides is 1. The number of nitrogens with zero attached hydrogens (tertiary/aromatic N) is 1. The fourth-order valence-corrected chi connectivity index (χ4v) is 1.18. The van der Waals surface area contributed by atoms with Crippen molar-refractivity contribution < 1.29 is 0 Å². The first-order chi connectivity index (χ1) is 5.79. The summed E-state index contributed by atoms with van der Waals surface area (Å²) in [6.45, 7) is 4.06. The highest BCUT2D eigenvalue weighted by Gasteiger charge is 2.08. The smallest absolute Gasteiger partial charge is 0.0728 e. The van der Waals surface area contributed by atoms with Gasteiger partial charge in [-0.25, -0.2) is 0 Å². The normalized spacial score (nSPS) is 12.5. The first-order valence-electron chi connectivity index (χ1n) is 3.71. The summed E-state index contributed by atoms with van der Waals surface area (Å²) in [5, 5.41) is -0.174. The van der Waals surface area contributed by atoms with Crippen molar-refractivity contribution in [1.29, 1.82) is 0 Å². The molecular formula is C9H11ClN2. The summed E-state index contributed by atoms with van der Waals surface area (Å²) in [6.07, 6.45) is 3.39. The molecule has 64 valence electrons. The molecule has 12 heavy (non-hydrogen) atoms. The van der Waals surface area contributed by atoms with E-state index in [-0.39, 0.29) is 5.38 Å². The van der Waals surface area contributed by atoms with E-state index in [2.05, 4.69) is 11.6 Å². The predicted molar refractivity (Wildman–Crippen MR) is 52.0 cm³/mol. The summed E-state index contributed by atoms with van der Waals surface area (Å²) in [5.41, 5.74) is 7.18. The Hall–Kier alpha value is -0.860. The van der Waals surface area contributed by atoms with Gasteiger partial charge in [-0.05, 0) is 17.7 Å². The van der Waals surface area contributed by atoms with Crippen molar-refractivity contribution in [3.8, 4) is 0 Å². The van der Waals surface area contributed by atoms with Gasteiger partial charge < -0.3 is 5.73 Å². The van der Waals surface area contributed by atoms with E-state index >= 15 is 0 Å². The predicted octanol–water partition coefficient (Wildman–Crippen LogP) is 1.96. The number of rotatable bonds is 3. The Labute approximate surface area is 77.1 Å². The van der Waals surface area contributed by atoms with Gasteiger partial charge in [0.25, 0.3) is 0 Å². The van der Waals surface area contributed by atoms with Gasteiger partial charge in [0, 0.05) is 12.7 Å². The average molecular weight is 183 g/mol. The molecule has 1 atom stereocenters. The van der Waals surface area contributed by atoms with Crippen LogP contribution in [0.4, 0.5) is 0 Å². The zero-order valence-electron chi connectivity index (χ0n) is 6.70. The minimum atomic E-state index is -0.174. The Balaban J connectivity index is 3.04. The van der Waals surface area contributed by atoms with Crippen LogP contribution >= 0.6 is 11.6 Å². The van der Waals surface area contributed by atoms with Gasteiger partial charge in [0.05, 0.1) is 11.1 Å². The van der Waals surface area contributed by atoms with E-state index in [0.717, 1.165) is 11.3 Å². The van der Waals surface area contributed by atoms with Gasteiger partial charge in [-0.2, -0.15) is 0 Å². The summed E-state index contributed by atoms with van der Waals surface area (Å²) in [4.78, 5) is 4.11. The van der Waals surface area contributed by atoms with Crippen molar-refractivity contribution in [1.82, 2.24) is 4.98 Å². The Morgan fingerprint density at radius 3 is 3.08 bits per heavy atom. The lowest BCUT2D eigenvalue weighted by molar-refractivity contribution is 0.917. The zero-order valence-corrected chi connectivity index (χ0v) is 7.46. The Morgan fingerprint density at radius 2 is 2.50 bits per heavy atom. The molecule has 0 aromatic carbocycles. The lowest BCUT2D eigenvalue weighted by atomic mass is 10.1. The minimum Gasteiger partial charge on any atom is -0.329 e. The monoisotopic (exact) mass is 182 g/mol. The first-order valence-corrected chi connectivity index (χ1v) is 4.14. The highest BCUT2D eigenvalue weighted by Crippen LogP contribution is 2.21. The van der Waals surface area contributed by atoms with E-state index in [9.17, 15) is 0 Å². The highest BCUT2D eigenvalue weighted by atomic mass is 35.5. The van der Waals surface area contributed by atoms with Crippen LogP contribution in [0, 0.1) is 0 Å².